The van der Waals surface area contributed by atoms with Crippen molar-refractivity contribution in [3.05, 3.63) is 47.7 Å². The molecule has 3 aromatic heterocycles. The highest BCUT2D eigenvalue weighted by molar-refractivity contribution is 5.82. The first-order valence-electron chi connectivity index (χ1n) is 9.52. The number of halogens is 4. The number of pyridine rings is 2. The number of fused-ring (bicyclic) bond motifs is 1. The van der Waals surface area contributed by atoms with Crippen LogP contribution in [-0.2, 0) is 16.9 Å². The zero-order valence-electron chi connectivity index (χ0n) is 16.5. The fraction of sp³-hybridized carbons (Fsp3) is 0.400. The van der Waals surface area contributed by atoms with E-state index in [1.807, 2.05) is 6.20 Å². The SMILES string of the molecule is Cc1cc(Cn2cc3c(C4(NC=O)CC4)nccc3n2)ncc1OCC(F)(F)C(F)F. The Bertz CT molecular complexity index is 1110. The Hall–Kier alpha value is -3.24. The lowest BCUT2D eigenvalue weighted by Gasteiger charge is -2.17. The van der Waals surface area contributed by atoms with Gasteiger partial charge in [-0.1, -0.05) is 0 Å². The summed E-state index contributed by atoms with van der Waals surface area (Å²) < 4.78 is 57.2. The van der Waals surface area contributed by atoms with Crippen molar-refractivity contribution in [2.75, 3.05) is 6.61 Å². The molecule has 0 bridgehead atoms. The van der Waals surface area contributed by atoms with E-state index in [9.17, 15) is 22.4 Å². The third-order valence-corrected chi connectivity index (χ3v) is 5.20. The van der Waals surface area contributed by atoms with Crippen LogP contribution < -0.4 is 10.1 Å². The maximum atomic E-state index is 13.1. The van der Waals surface area contributed by atoms with Gasteiger partial charge in [0.2, 0.25) is 6.41 Å². The Morgan fingerprint density at radius 2 is 2.13 bits per heavy atom. The second-order valence-electron chi connectivity index (χ2n) is 7.55. The quantitative estimate of drug-likeness (QED) is 0.411. The molecule has 3 heterocycles. The zero-order chi connectivity index (χ0) is 22.2. The molecular formula is C20H19F4N5O2. The lowest BCUT2D eigenvalue weighted by molar-refractivity contribution is -0.148. The van der Waals surface area contributed by atoms with Gasteiger partial charge in [-0.25, -0.2) is 8.78 Å². The van der Waals surface area contributed by atoms with Crippen LogP contribution in [0.5, 0.6) is 5.75 Å². The first-order valence-corrected chi connectivity index (χ1v) is 9.52. The molecule has 0 aromatic carbocycles. The largest absolute Gasteiger partial charge is 0.485 e. The number of hydrogen-bond donors (Lipinski definition) is 1. The first kappa shape index (κ1) is 21.0. The van der Waals surface area contributed by atoms with Gasteiger partial charge in [0.15, 0.2) is 6.61 Å². The molecule has 0 saturated heterocycles. The van der Waals surface area contributed by atoms with Gasteiger partial charge in [0, 0.05) is 17.8 Å². The predicted octanol–water partition coefficient (Wildman–Crippen LogP) is 3.20. The van der Waals surface area contributed by atoms with Gasteiger partial charge >= 0.3 is 12.3 Å². The van der Waals surface area contributed by atoms with Crippen LogP contribution in [0.2, 0.25) is 0 Å². The molecule has 0 spiro atoms. The van der Waals surface area contributed by atoms with Gasteiger partial charge in [0.25, 0.3) is 0 Å². The lowest BCUT2D eigenvalue weighted by atomic mass is 10.1. The number of alkyl halides is 4. The number of ether oxygens (including phenoxy) is 1. The third kappa shape index (κ3) is 4.17. The Morgan fingerprint density at radius 1 is 1.35 bits per heavy atom. The molecule has 3 aromatic rings. The topological polar surface area (TPSA) is 81.9 Å². The minimum absolute atomic E-state index is 0.0109. The van der Waals surface area contributed by atoms with E-state index < -0.39 is 24.5 Å². The van der Waals surface area contributed by atoms with Gasteiger partial charge in [0.1, 0.15) is 5.75 Å². The molecule has 0 aliphatic heterocycles. The van der Waals surface area contributed by atoms with Crippen molar-refractivity contribution in [1.82, 2.24) is 25.1 Å². The summed E-state index contributed by atoms with van der Waals surface area (Å²) in [5.74, 6) is -4.22. The number of hydrogen-bond acceptors (Lipinski definition) is 5. The number of aryl methyl sites for hydroxylation is 1. The summed E-state index contributed by atoms with van der Waals surface area (Å²) in [5.41, 5.74) is 2.09. The van der Waals surface area contributed by atoms with Crippen LogP contribution in [0.3, 0.4) is 0 Å². The minimum atomic E-state index is -4.23. The van der Waals surface area contributed by atoms with Crippen LogP contribution in [0.15, 0.2) is 30.7 Å². The van der Waals surface area contributed by atoms with Crippen LogP contribution in [0, 0.1) is 6.92 Å². The van der Waals surface area contributed by atoms with Crippen LogP contribution in [-0.4, -0.2) is 45.1 Å². The molecule has 31 heavy (non-hydrogen) atoms. The summed E-state index contributed by atoms with van der Waals surface area (Å²) >= 11 is 0. The van der Waals surface area contributed by atoms with Crippen molar-refractivity contribution in [2.24, 2.45) is 0 Å². The van der Waals surface area contributed by atoms with Gasteiger partial charge < -0.3 is 10.1 Å². The molecule has 0 unspecified atom stereocenters. The Kier molecular flexibility index (Phi) is 5.28. The Labute approximate surface area is 174 Å². The van der Waals surface area contributed by atoms with Gasteiger partial charge in [-0.3, -0.25) is 19.4 Å². The summed E-state index contributed by atoms with van der Waals surface area (Å²) in [6, 6.07) is 3.39. The summed E-state index contributed by atoms with van der Waals surface area (Å²) in [7, 11) is 0. The molecule has 164 valence electrons. The molecule has 1 saturated carbocycles. The molecule has 11 heteroatoms. The number of carbonyl (C=O) groups excluding carboxylic acids is 1. The van der Waals surface area contributed by atoms with Crippen molar-refractivity contribution < 1.29 is 27.1 Å². The van der Waals surface area contributed by atoms with E-state index in [1.54, 1.807) is 29.9 Å². The predicted molar refractivity (Wildman–Crippen MR) is 102 cm³/mol. The second kappa shape index (κ2) is 7.78. The van der Waals surface area contributed by atoms with Gasteiger partial charge in [-0.2, -0.15) is 13.9 Å². The van der Waals surface area contributed by atoms with Crippen LogP contribution >= 0.6 is 0 Å². The van der Waals surface area contributed by atoms with Crippen LogP contribution in [0.1, 0.15) is 29.8 Å². The number of amides is 1. The van der Waals surface area contributed by atoms with Gasteiger partial charge in [-0.05, 0) is 37.5 Å². The minimum Gasteiger partial charge on any atom is -0.485 e. The van der Waals surface area contributed by atoms with E-state index in [2.05, 4.69) is 20.4 Å². The average Bonchev–Trinajstić information content (AvgIpc) is 3.37. The fourth-order valence-corrected chi connectivity index (χ4v) is 3.39. The molecular weight excluding hydrogens is 418 g/mol. The van der Waals surface area contributed by atoms with E-state index in [4.69, 9.17) is 4.74 Å². The van der Waals surface area contributed by atoms with Gasteiger partial charge in [-0.15, -0.1) is 0 Å². The highest BCUT2D eigenvalue weighted by Gasteiger charge is 2.46. The van der Waals surface area contributed by atoms with Crippen LogP contribution in [0.4, 0.5) is 17.6 Å². The van der Waals surface area contributed by atoms with Crippen LogP contribution in [0.25, 0.3) is 10.9 Å². The molecule has 1 N–H and O–H groups in total. The number of rotatable bonds is 9. The smallest absolute Gasteiger partial charge is 0.340 e. The summed E-state index contributed by atoms with van der Waals surface area (Å²) in [6.07, 6.45) is 3.16. The maximum absolute atomic E-state index is 13.1. The standard InChI is InChI=1S/C20H19F4N5O2/c1-12-6-13(26-7-16(12)31-10-20(23,24)18(21)22)8-29-9-14-15(28-29)2-5-25-17(14)19(3-4-19)27-11-30/h2,5-7,9,11,18H,3-4,8,10H2,1H3,(H,27,30). The molecule has 1 amide bonds. The number of nitrogens with zero attached hydrogens (tertiary/aromatic N) is 4. The maximum Gasteiger partial charge on any atom is 0.340 e. The van der Waals surface area contributed by atoms with Crippen molar-refractivity contribution in [2.45, 2.75) is 44.2 Å². The zero-order valence-corrected chi connectivity index (χ0v) is 16.5. The van der Waals surface area contributed by atoms with E-state index in [-0.39, 0.29) is 12.3 Å². The van der Waals surface area contributed by atoms with E-state index in [0.29, 0.717) is 17.7 Å². The number of carbonyl (C=O) groups is 1. The van der Waals surface area contributed by atoms with Gasteiger partial charge in [0.05, 0.1) is 35.2 Å². The summed E-state index contributed by atoms with van der Waals surface area (Å²) in [4.78, 5) is 19.6. The summed E-state index contributed by atoms with van der Waals surface area (Å²) in [5, 5.41) is 8.17. The fourth-order valence-electron chi connectivity index (χ4n) is 3.39. The number of aromatic nitrogens is 4. The Balaban J connectivity index is 1.52. The number of nitrogens with one attached hydrogen (secondary N) is 1. The highest BCUT2D eigenvalue weighted by Crippen LogP contribution is 2.46. The molecule has 1 aliphatic rings. The third-order valence-electron chi connectivity index (χ3n) is 5.20. The Morgan fingerprint density at radius 3 is 2.77 bits per heavy atom. The van der Waals surface area contributed by atoms with E-state index in [1.165, 1.54) is 6.20 Å². The highest BCUT2D eigenvalue weighted by atomic mass is 19.3. The van der Waals surface area contributed by atoms with E-state index >= 15 is 0 Å². The average molecular weight is 437 g/mol. The monoisotopic (exact) mass is 437 g/mol. The molecule has 1 aliphatic carbocycles. The van der Waals surface area contributed by atoms with Crippen molar-refractivity contribution in [3.8, 4) is 5.75 Å². The molecule has 4 rings (SSSR count). The molecule has 0 radical (unpaired) electrons. The van der Waals surface area contributed by atoms with Crippen molar-refractivity contribution >= 4 is 17.3 Å². The second-order valence-corrected chi connectivity index (χ2v) is 7.55. The molecule has 0 atom stereocenters. The van der Waals surface area contributed by atoms with E-state index in [0.717, 1.165) is 29.4 Å². The normalized spacial score (nSPS) is 15.3. The molecule has 1 fully saturated rings. The summed E-state index contributed by atoms with van der Waals surface area (Å²) in [6.45, 7) is 0.477. The van der Waals surface area contributed by atoms with Crippen molar-refractivity contribution in [3.63, 3.8) is 0 Å². The van der Waals surface area contributed by atoms with Crippen molar-refractivity contribution in [1.29, 1.82) is 0 Å². The molecule has 7 nitrogen and oxygen atoms in total. The first-order chi connectivity index (χ1) is 14.7. The lowest BCUT2D eigenvalue weighted by Crippen LogP contribution is -2.33.